The number of piperidine rings is 2. The van der Waals surface area contributed by atoms with Crippen LogP contribution in [-0.2, 0) is 0 Å². The van der Waals surface area contributed by atoms with Crippen molar-refractivity contribution >= 4 is 11.6 Å². The summed E-state index contributed by atoms with van der Waals surface area (Å²) in [5.41, 5.74) is 4.78. The lowest BCUT2D eigenvalue weighted by molar-refractivity contribution is 0.0773. The van der Waals surface area contributed by atoms with E-state index in [0.717, 1.165) is 31.7 Å². The third-order valence-corrected chi connectivity index (χ3v) is 7.21. The summed E-state index contributed by atoms with van der Waals surface area (Å²) in [7, 11) is 0. The van der Waals surface area contributed by atoms with Crippen molar-refractivity contribution in [3.05, 3.63) is 65.2 Å². The van der Waals surface area contributed by atoms with Crippen molar-refractivity contribution in [2.45, 2.75) is 58.4 Å². The topological polar surface area (TPSA) is 26.8 Å². The number of likely N-dealkylation sites (tertiary alicyclic amines) is 1. The van der Waals surface area contributed by atoms with Crippen molar-refractivity contribution in [2.24, 2.45) is 0 Å². The lowest BCUT2D eigenvalue weighted by Gasteiger charge is -2.36. The maximum absolute atomic E-state index is 12.8. The highest BCUT2D eigenvalue weighted by atomic mass is 16.2. The van der Waals surface area contributed by atoms with E-state index in [0.29, 0.717) is 0 Å². The van der Waals surface area contributed by atoms with Gasteiger partial charge in [-0.05, 0) is 94.4 Å². The van der Waals surface area contributed by atoms with Crippen LogP contribution in [0.1, 0.15) is 79.9 Å². The van der Waals surface area contributed by atoms with E-state index in [2.05, 4.69) is 46.2 Å². The predicted octanol–water partition coefficient (Wildman–Crippen LogP) is 5.73. The summed E-state index contributed by atoms with van der Waals surface area (Å²) in [4.78, 5) is 19.8. The van der Waals surface area contributed by atoms with Crippen LogP contribution in [0.5, 0.6) is 0 Å². The highest BCUT2D eigenvalue weighted by Crippen LogP contribution is 2.33. The van der Waals surface area contributed by atoms with Gasteiger partial charge in [-0.3, -0.25) is 9.69 Å². The standard InChI is InChI=1S/C28H39N3O/c1-3-29(4-2)28(32)25-13-11-23(12-14-25)27(31-21-9-6-10-22-31)24-15-17-26(18-16-24)30-19-7-5-8-20-30/h11-18,27H,3-10,19-22H2,1-2H3. The third kappa shape index (κ3) is 5.17. The molecule has 2 aromatic rings. The van der Waals surface area contributed by atoms with Crippen molar-refractivity contribution in [1.82, 2.24) is 9.80 Å². The van der Waals surface area contributed by atoms with Crippen LogP contribution in [0.4, 0.5) is 5.69 Å². The minimum atomic E-state index is 0.127. The van der Waals surface area contributed by atoms with E-state index in [-0.39, 0.29) is 11.9 Å². The Morgan fingerprint density at radius 3 is 1.78 bits per heavy atom. The van der Waals surface area contributed by atoms with E-state index in [1.165, 1.54) is 68.4 Å². The average Bonchev–Trinajstić information content (AvgIpc) is 2.87. The number of hydrogen-bond acceptors (Lipinski definition) is 3. The van der Waals surface area contributed by atoms with Gasteiger partial charge in [0.15, 0.2) is 0 Å². The molecule has 4 heteroatoms. The molecule has 4 rings (SSSR count). The Morgan fingerprint density at radius 1 is 0.750 bits per heavy atom. The van der Waals surface area contributed by atoms with Crippen LogP contribution in [0, 0.1) is 0 Å². The zero-order valence-electron chi connectivity index (χ0n) is 19.9. The van der Waals surface area contributed by atoms with Crippen molar-refractivity contribution < 1.29 is 4.79 Å². The van der Waals surface area contributed by atoms with E-state index in [9.17, 15) is 4.79 Å². The maximum atomic E-state index is 12.8. The van der Waals surface area contributed by atoms with E-state index < -0.39 is 0 Å². The number of carbonyl (C=O) groups excluding carboxylic acids is 1. The van der Waals surface area contributed by atoms with Crippen LogP contribution in [0.15, 0.2) is 48.5 Å². The molecule has 0 spiro atoms. The number of carbonyl (C=O) groups is 1. The molecule has 0 aromatic heterocycles. The lowest BCUT2D eigenvalue weighted by Crippen LogP contribution is -2.34. The molecule has 4 nitrogen and oxygen atoms in total. The van der Waals surface area contributed by atoms with E-state index in [1.54, 1.807) is 0 Å². The van der Waals surface area contributed by atoms with Gasteiger partial charge in [-0.1, -0.05) is 30.7 Å². The number of hydrogen-bond donors (Lipinski definition) is 0. The first kappa shape index (κ1) is 22.8. The highest BCUT2D eigenvalue weighted by molar-refractivity contribution is 5.94. The van der Waals surface area contributed by atoms with Gasteiger partial charge in [0.25, 0.3) is 5.91 Å². The first-order valence-electron chi connectivity index (χ1n) is 12.7. The van der Waals surface area contributed by atoms with Crippen molar-refractivity contribution in [3.63, 3.8) is 0 Å². The van der Waals surface area contributed by atoms with Crippen molar-refractivity contribution in [3.8, 4) is 0 Å². The normalized spacial score (nSPS) is 18.4. The molecular formula is C28H39N3O. The van der Waals surface area contributed by atoms with Crippen LogP contribution < -0.4 is 4.90 Å². The Bertz CT molecular complexity index is 845. The molecule has 2 fully saturated rings. The van der Waals surface area contributed by atoms with Gasteiger partial charge in [0, 0.05) is 37.4 Å². The van der Waals surface area contributed by atoms with E-state index >= 15 is 0 Å². The second-order valence-corrected chi connectivity index (χ2v) is 9.24. The van der Waals surface area contributed by atoms with Gasteiger partial charge in [0.1, 0.15) is 0 Å². The summed E-state index contributed by atoms with van der Waals surface area (Å²) < 4.78 is 0. The Hall–Kier alpha value is -2.33. The van der Waals surface area contributed by atoms with Crippen LogP contribution in [0.25, 0.3) is 0 Å². The monoisotopic (exact) mass is 433 g/mol. The molecule has 2 aliphatic rings. The molecule has 2 saturated heterocycles. The van der Waals surface area contributed by atoms with E-state index in [4.69, 9.17) is 0 Å². The Labute approximate surface area is 194 Å². The fraction of sp³-hybridized carbons (Fsp3) is 0.536. The van der Waals surface area contributed by atoms with Crippen molar-refractivity contribution in [2.75, 3.05) is 44.2 Å². The Morgan fingerprint density at radius 2 is 1.25 bits per heavy atom. The summed E-state index contributed by atoms with van der Waals surface area (Å²) in [5.74, 6) is 0.127. The smallest absolute Gasteiger partial charge is 0.253 e. The number of rotatable bonds is 7. The maximum Gasteiger partial charge on any atom is 0.253 e. The van der Waals surface area contributed by atoms with Crippen molar-refractivity contribution in [1.29, 1.82) is 0 Å². The molecule has 0 radical (unpaired) electrons. The molecule has 1 atom stereocenters. The quantitative estimate of drug-likeness (QED) is 0.557. The first-order valence-corrected chi connectivity index (χ1v) is 12.7. The second kappa shape index (κ2) is 11.0. The summed E-state index contributed by atoms with van der Waals surface area (Å²) in [5, 5.41) is 0. The second-order valence-electron chi connectivity index (χ2n) is 9.24. The fourth-order valence-corrected chi connectivity index (χ4v) is 5.31. The van der Waals surface area contributed by atoms with Gasteiger partial charge in [0.2, 0.25) is 0 Å². The Kier molecular flexibility index (Phi) is 7.85. The number of benzene rings is 2. The first-order chi connectivity index (χ1) is 15.7. The predicted molar refractivity (Wildman–Crippen MR) is 133 cm³/mol. The van der Waals surface area contributed by atoms with Gasteiger partial charge in [0.05, 0.1) is 6.04 Å². The Balaban J connectivity index is 1.59. The summed E-state index contributed by atoms with van der Waals surface area (Å²) in [6, 6.07) is 17.9. The number of nitrogens with zero attached hydrogens (tertiary/aromatic N) is 3. The van der Waals surface area contributed by atoms with Crippen LogP contribution in [-0.4, -0.2) is 55.0 Å². The van der Waals surface area contributed by atoms with Gasteiger partial charge in [-0.25, -0.2) is 0 Å². The zero-order chi connectivity index (χ0) is 22.3. The average molecular weight is 434 g/mol. The van der Waals surface area contributed by atoms with Gasteiger partial charge in [-0.15, -0.1) is 0 Å². The molecule has 0 aliphatic carbocycles. The SMILES string of the molecule is CCN(CC)C(=O)c1ccc(C(c2ccc(N3CCCCC3)cc2)N2CCCCC2)cc1. The molecule has 2 aliphatic heterocycles. The van der Waals surface area contributed by atoms with Gasteiger partial charge < -0.3 is 9.80 Å². The fourth-order valence-electron chi connectivity index (χ4n) is 5.31. The molecule has 32 heavy (non-hydrogen) atoms. The van der Waals surface area contributed by atoms with Gasteiger partial charge in [-0.2, -0.15) is 0 Å². The minimum Gasteiger partial charge on any atom is -0.372 e. The minimum absolute atomic E-state index is 0.127. The zero-order valence-corrected chi connectivity index (χ0v) is 19.9. The molecular weight excluding hydrogens is 394 g/mol. The molecule has 0 saturated carbocycles. The highest BCUT2D eigenvalue weighted by Gasteiger charge is 2.25. The molecule has 0 bridgehead atoms. The molecule has 2 heterocycles. The summed E-state index contributed by atoms with van der Waals surface area (Å²) in [6.07, 6.45) is 7.82. The largest absolute Gasteiger partial charge is 0.372 e. The molecule has 1 unspecified atom stereocenters. The molecule has 1 amide bonds. The van der Waals surface area contributed by atoms with Crippen LogP contribution >= 0.6 is 0 Å². The molecule has 0 N–H and O–H groups in total. The molecule has 2 aromatic carbocycles. The summed E-state index contributed by atoms with van der Waals surface area (Å²) >= 11 is 0. The number of amides is 1. The summed E-state index contributed by atoms with van der Waals surface area (Å²) in [6.45, 7) is 10.2. The number of anilines is 1. The lowest BCUT2D eigenvalue weighted by atomic mass is 9.93. The molecule has 172 valence electrons. The van der Waals surface area contributed by atoms with Crippen LogP contribution in [0.3, 0.4) is 0 Å². The third-order valence-electron chi connectivity index (χ3n) is 7.21. The van der Waals surface area contributed by atoms with Gasteiger partial charge >= 0.3 is 0 Å². The van der Waals surface area contributed by atoms with E-state index in [1.807, 2.05) is 30.9 Å². The van der Waals surface area contributed by atoms with Crippen LogP contribution in [0.2, 0.25) is 0 Å².